The molecule has 224 valence electrons. The van der Waals surface area contributed by atoms with Crippen LogP contribution >= 0.6 is 0 Å². The largest absolute Gasteiger partial charge is 0.497 e. The summed E-state index contributed by atoms with van der Waals surface area (Å²) in [6.07, 6.45) is 12.7. The van der Waals surface area contributed by atoms with E-state index in [0.717, 1.165) is 37.8 Å². The molecule has 0 amide bonds. The summed E-state index contributed by atoms with van der Waals surface area (Å²) in [7, 11) is -2.09. The molecular weight excluding hydrogens is 538 g/mol. The van der Waals surface area contributed by atoms with Crippen molar-refractivity contribution in [3.63, 3.8) is 0 Å². The minimum Gasteiger partial charge on any atom is -0.497 e. The number of sulfonamides is 1. The number of ether oxygens (including phenoxy) is 2. The van der Waals surface area contributed by atoms with Crippen molar-refractivity contribution in [2.45, 2.75) is 88.6 Å². The minimum absolute atomic E-state index is 0.0124. The molecule has 9 nitrogen and oxygen atoms in total. The van der Waals surface area contributed by atoms with Gasteiger partial charge in [-0.3, -0.25) is 0 Å². The summed E-state index contributed by atoms with van der Waals surface area (Å²) in [4.78, 5) is 14.5. The van der Waals surface area contributed by atoms with Gasteiger partial charge in [0.1, 0.15) is 18.2 Å². The van der Waals surface area contributed by atoms with Crippen LogP contribution in [-0.4, -0.2) is 86.1 Å². The van der Waals surface area contributed by atoms with Crippen LogP contribution in [0.1, 0.15) is 68.9 Å². The summed E-state index contributed by atoms with van der Waals surface area (Å²) in [5, 5.41) is 0. The molecule has 1 aromatic carbocycles. The number of benzene rings is 1. The molecule has 2 saturated carbocycles. The monoisotopic (exact) mass is 583 g/mol. The molecule has 2 aliphatic carbocycles. The van der Waals surface area contributed by atoms with Crippen molar-refractivity contribution < 1.29 is 17.9 Å². The predicted molar refractivity (Wildman–Crippen MR) is 159 cm³/mol. The second kappa shape index (κ2) is 11.7. The van der Waals surface area contributed by atoms with Gasteiger partial charge in [0.25, 0.3) is 0 Å². The van der Waals surface area contributed by atoms with Crippen LogP contribution in [0.2, 0.25) is 0 Å². The van der Waals surface area contributed by atoms with Crippen LogP contribution in [-0.2, 0) is 10.0 Å². The fraction of sp³-hybridized carbons (Fsp3) is 0.677. The number of nitrogens with zero attached hydrogens (tertiary/aromatic N) is 5. The van der Waals surface area contributed by atoms with E-state index in [0.29, 0.717) is 33.2 Å². The van der Waals surface area contributed by atoms with Crippen molar-refractivity contribution in [3.8, 4) is 11.8 Å². The van der Waals surface area contributed by atoms with E-state index in [-0.39, 0.29) is 19.2 Å². The Bertz CT molecular complexity index is 1300. The Morgan fingerprint density at radius 2 is 1.68 bits per heavy atom. The molecule has 0 atom stereocenters. The van der Waals surface area contributed by atoms with E-state index in [1.165, 1.54) is 58.0 Å². The van der Waals surface area contributed by atoms with Gasteiger partial charge in [0.2, 0.25) is 10.0 Å². The van der Waals surface area contributed by atoms with Crippen LogP contribution < -0.4 is 14.4 Å². The number of aromatic nitrogens is 2. The van der Waals surface area contributed by atoms with Gasteiger partial charge >= 0.3 is 6.01 Å². The molecule has 2 saturated heterocycles. The zero-order chi connectivity index (χ0) is 28.6. The molecule has 10 heteroatoms. The topological polar surface area (TPSA) is 88.1 Å². The second-order valence-corrected chi connectivity index (χ2v) is 14.4. The van der Waals surface area contributed by atoms with E-state index in [4.69, 9.17) is 14.5 Å². The SMILES string of the molecule is COc1cc(C)c(S(=O)(=O)N(CCOc2nccc(N3CCC4(CCC(N5CCC5)CC4)CC3)n2)C2CC2)c(C)c1. The minimum atomic E-state index is -3.68. The Hall–Kier alpha value is -2.43. The molecule has 0 N–H and O–H groups in total. The third-order valence-corrected chi connectivity index (χ3v) is 12.2. The van der Waals surface area contributed by atoms with E-state index in [2.05, 4.69) is 14.8 Å². The molecule has 6 rings (SSSR count). The van der Waals surface area contributed by atoms with Crippen molar-refractivity contribution >= 4 is 15.8 Å². The number of anilines is 1. The molecular formula is C31H45N5O4S. The highest BCUT2D eigenvalue weighted by Gasteiger charge is 2.41. The standard InChI is InChI=1S/C31H45N5O4S/c1-23-21-27(39-3)22-24(2)29(23)41(37,38)36(26-5-6-26)19-20-40-30-32-14-9-28(33-30)35-17-12-31(13-18-35)10-7-25(8-11-31)34-15-4-16-34/h9,14,21-22,25-26H,4-8,10-13,15-20H2,1-3H3. The van der Waals surface area contributed by atoms with Gasteiger partial charge in [0.15, 0.2) is 0 Å². The van der Waals surface area contributed by atoms with Crippen LogP contribution in [0, 0.1) is 19.3 Å². The average molecular weight is 584 g/mol. The van der Waals surface area contributed by atoms with Crippen LogP contribution in [0.15, 0.2) is 29.3 Å². The fourth-order valence-corrected chi connectivity index (χ4v) is 9.30. The molecule has 41 heavy (non-hydrogen) atoms. The van der Waals surface area contributed by atoms with E-state index in [1.807, 2.05) is 19.9 Å². The highest BCUT2D eigenvalue weighted by Crippen LogP contribution is 2.46. The number of piperidine rings is 1. The first-order valence-electron chi connectivity index (χ1n) is 15.4. The molecule has 0 radical (unpaired) electrons. The first kappa shape index (κ1) is 28.7. The third-order valence-electron chi connectivity index (χ3n) is 9.92. The number of likely N-dealkylation sites (tertiary alicyclic amines) is 1. The number of hydrogen-bond acceptors (Lipinski definition) is 8. The molecule has 2 aliphatic heterocycles. The van der Waals surface area contributed by atoms with E-state index < -0.39 is 10.0 Å². The lowest BCUT2D eigenvalue weighted by atomic mass is 9.66. The zero-order valence-corrected chi connectivity index (χ0v) is 25.7. The Morgan fingerprint density at radius 3 is 2.27 bits per heavy atom. The molecule has 0 unspecified atom stereocenters. The maximum Gasteiger partial charge on any atom is 0.318 e. The fourth-order valence-electron chi connectivity index (χ4n) is 7.21. The van der Waals surface area contributed by atoms with Crippen molar-refractivity contribution in [1.82, 2.24) is 19.2 Å². The predicted octanol–water partition coefficient (Wildman–Crippen LogP) is 4.57. The van der Waals surface area contributed by atoms with Crippen molar-refractivity contribution in [3.05, 3.63) is 35.5 Å². The van der Waals surface area contributed by atoms with Gasteiger partial charge in [-0.05, 0) is 119 Å². The van der Waals surface area contributed by atoms with Crippen LogP contribution in [0.5, 0.6) is 11.8 Å². The third kappa shape index (κ3) is 6.06. The quantitative estimate of drug-likeness (QED) is 0.402. The molecule has 3 heterocycles. The van der Waals surface area contributed by atoms with E-state index >= 15 is 0 Å². The Kier molecular flexibility index (Phi) is 8.17. The van der Waals surface area contributed by atoms with Crippen molar-refractivity contribution in [2.24, 2.45) is 5.41 Å². The molecule has 2 aromatic rings. The maximum atomic E-state index is 13.7. The lowest BCUT2D eigenvalue weighted by Gasteiger charge is -2.49. The number of hydrogen-bond donors (Lipinski definition) is 0. The molecule has 4 fully saturated rings. The Morgan fingerprint density at radius 1 is 1.00 bits per heavy atom. The summed E-state index contributed by atoms with van der Waals surface area (Å²) in [6, 6.07) is 6.66. The van der Waals surface area contributed by atoms with Crippen molar-refractivity contribution in [1.29, 1.82) is 0 Å². The molecule has 4 aliphatic rings. The molecule has 1 spiro atoms. The average Bonchev–Trinajstić information content (AvgIpc) is 3.76. The lowest BCUT2D eigenvalue weighted by Crippen LogP contribution is -2.49. The first-order valence-corrected chi connectivity index (χ1v) is 16.8. The summed E-state index contributed by atoms with van der Waals surface area (Å²) < 4.78 is 40.4. The molecule has 1 aromatic heterocycles. The van der Waals surface area contributed by atoms with Crippen LogP contribution in [0.25, 0.3) is 0 Å². The maximum absolute atomic E-state index is 13.7. The van der Waals surface area contributed by atoms with E-state index in [1.54, 1.807) is 29.7 Å². The lowest BCUT2D eigenvalue weighted by molar-refractivity contribution is 0.0387. The van der Waals surface area contributed by atoms with E-state index in [9.17, 15) is 8.42 Å². The normalized spacial score (nSPS) is 21.7. The molecule has 0 bridgehead atoms. The van der Waals surface area contributed by atoms with Crippen LogP contribution in [0.3, 0.4) is 0 Å². The van der Waals surface area contributed by atoms with Gasteiger partial charge < -0.3 is 19.3 Å². The summed E-state index contributed by atoms with van der Waals surface area (Å²) in [5.74, 6) is 1.56. The summed E-state index contributed by atoms with van der Waals surface area (Å²) in [6.45, 7) is 8.75. The Balaban J connectivity index is 1.05. The second-order valence-electron chi connectivity index (χ2n) is 12.6. The van der Waals surface area contributed by atoms with Gasteiger partial charge in [-0.15, -0.1) is 0 Å². The smallest absolute Gasteiger partial charge is 0.318 e. The van der Waals surface area contributed by atoms with Crippen molar-refractivity contribution in [2.75, 3.05) is 51.3 Å². The van der Waals surface area contributed by atoms with Gasteiger partial charge in [-0.25, -0.2) is 13.4 Å². The highest BCUT2D eigenvalue weighted by atomic mass is 32.2. The van der Waals surface area contributed by atoms with Gasteiger partial charge in [0.05, 0.1) is 12.0 Å². The van der Waals surface area contributed by atoms with Gasteiger partial charge in [-0.1, -0.05) is 0 Å². The number of rotatable bonds is 10. The highest BCUT2D eigenvalue weighted by molar-refractivity contribution is 7.89. The first-order chi connectivity index (χ1) is 19.8. The van der Waals surface area contributed by atoms with Crippen LogP contribution in [0.4, 0.5) is 5.82 Å². The van der Waals surface area contributed by atoms with Gasteiger partial charge in [-0.2, -0.15) is 9.29 Å². The Labute approximate surface area is 245 Å². The number of aryl methyl sites for hydroxylation is 2. The zero-order valence-electron chi connectivity index (χ0n) is 24.8. The van der Waals surface area contributed by atoms with Gasteiger partial charge in [0, 0.05) is 37.9 Å². The summed E-state index contributed by atoms with van der Waals surface area (Å²) in [5.41, 5.74) is 1.89. The summed E-state index contributed by atoms with van der Waals surface area (Å²) >= 11 is 0. The number of methoxy groups -OCH3 is 1.